The van der Waals surface area contributed by atoms with Gasteiger partial charge >= 0.3 is 5.97 Å². The van der Waals surface area contributed by atoms with Crippen LogP contribution in [-0.2, 0) is 17.9 Å². The molecule has 226 valence electrons. The van der Waals surface area contributed by atoms with Crippen LogP contribution in [0.5, 0.6) is 5.75 Å². The largest absolute Gasteiger partial charge is 0.487 e. The number of hydrogen-bond acceptors (Lipinski definition) is 8. The van der Waals surface area contributed by atoms with E-state index < -0.39 is 23.1 Å². The van der Waals surface area contributed by atoms with E-state index in [9.17, 15) is 14.4 Å². The summed E-state index contributed by atoms with van der Waals surface area (Å²) in [7, 11) is 2.03. The van der Waals surface area contributed by atoms with Crippen LogP contribution in [0.4, 0.5) is 10.1 Å². The van der Waals surface area contributed by atoms with Crippen molar-refractivity contribution in [1.29, 1.82) is 0 Å². The fraction of sp³-hybridized carbons (Fsp3) is 0.552. The third-order valence-electron chi connectivity index (χ3n) is 8.00. The molecule has 2 aliphatic rings. The number of carbonyl (C=O) groups excluding carboxylic acids is 1. The number of hydrogen-bond donors (Lipinski definition) is 2. The van der Waals surface area contributed by atoms with Crippen molar-refractivity contribution < 1.29 is 23.8 Å². The van der Waals surface area contributed by atoms with E-state index in [1.807, 2.05) is 23.4 Å². The highest BCUT2D eigenvalue weighted by Crippen LogP contribution is 2.42. The number of carboxylic acid groups (broad SMARTS) is 1. The van der Waals surface area contributed by atoms with Gasteiger partial charge in [0, 0.05) is 45.3 Å². The van der Waals surface area contributed by atoms with Crippen LogP contribution in [0.25, 0.3) is 10.9 Å². The molecule has 0 unspecified atom stereocenters. The van der Waals surface area contributed by atoms with Crippen LogP contribution in [0.2, 0.25) is 0 Å². The number of aryl methyl sites for hydroxylation is 1. The van der Waals surface area contributed by atoms with E-state index in [0.717, 1.165) is 38.8 Å². The first-order valence-electron chi connectivity index (χ1n) is 14.6. The van der Waals surface area contributed by atoms with E-state index in [1.54, 1.807) is 17.1 Å². The van der Waals surface area contributed by atoms with Crippen LogP contribution in [0.15, 0.2) is 23.3 Å². The number of carbonyl (C=O) groups is 2. The minimum atomic E-state index is -0.764. The number of carboxylic acids is 1. The van der Waals surface area contributed by atoms with E-state index >= 15 is 4.39 Å². The molecule has 0 saturated carbocycles. The highest BCUT2D eigenvalue weighted by atomic mass is 19.1. The number of rotatable bonds is 12. The van der Waals surface area contributed by atoms with E-state index in [-0.39, 0.29) is 30.0 Å². The second-order valence-corrected chi connectivity index (χ2v) is 11.2. The summed E-state index contributed by atoms with van der Waals surface area (Å²) in [5, 5.41) is 19.8. The van der Waals surface area contributed by atoms with Gasteiger partial charge in [-0.05, 0) is 32.9 Å². The lowest BCUT2D eigenvalue weighted by molar-refractivity contribution is -0.137. The molecule has 12 nitrogen and oxygen atoms in total. The number of amides is 1. The normalized spacial score (nSPS) is 16.9. The number of aliphatic carboxylic acids is 1. The molecule has 1 aromatic carbocycles. The molecule has 1 saturated heterocycles. The summed E-state index contributed by atoms with van der Waals surface area (Å²) in [6.45, 7) is 5.87. The average Bonchev–Trinajstić information content (AvgIpc) is 3.42. The fourth-order valence-electron chi connectivity index (χ4n) is 5.57. The number of halogens is 1. The summed E-state index contributed by atoms with van der Waals surface area (Å²) in [4.78, 5) is 41.4. The van der Waals surface area contributed by atoms with Gasteiger partial charge < -0.3 is 29.5 Å². The quantitative estimate of drug-likeness (QED) is 0.309. The molecule has 1 atom stereocenters. The zero-order valence-electron chi connectivity index (χ0n) is 24.1. The Morgan fingerprint density at radius 3 is 2.62 bits per heavy atom. The maximum atomic E-state index is 15.6. The van der Waals surface area contributed by atoms with Gasteiger partial charge in [-0.25, -0.2) is 4.39 Å². The molecule has 42 heavy (non-hydrogen) atoms. The monoisotopic (exact) mass is 583 g/mol. The van der Waals surface area contributed by atoms with Gasteiger partial charge in [0.05, 0.1) is 29.7 Å². The molecule has 1 amide bonds. The molecule has 13 heteroatoms. The van der Waals surface area contributed by atoms with Crippen molar-refractivity contribution >= 4 is 28.5 Å². The molecule has 4 heterocycles. The lowest BCUT2D eigenvalue weighted by Crippen LogP contribution is -2.45. The van der Waals surface area contributed by atoms with Crippen LogP contribution in [0.3, 0.4) is 0 Å². The number of nitrogens with zero attached hydrogens (tertiary/aromatic N) is 6. The van der Waals surface area contributed by atoms with Gasteiger partial charge in [-0.15, -0.1) is 5.10 Å². The van der Waals surface area contributed by atoms with Gasteiger partial charge in [0.2, 0.25) is 5.43 Å². The Morgan fingerprint density at radius 2 is 1.86 bits per heavy atom. The third kappa shape index (κ3) is 6.40. The van der Waals surface area contributed by atoms with Crippen molar-refractivity contribution in [3.8, 4) is 5.75 Å². The number of anilines is 1. The first-order chi connectivity index (χ1) is 20.2. The third-order valence-corrected chi connectivity index (χ3v) is 8.00. The number of pyridine rings is 1. The number of aromatic nitrogens is 4. The van der Waals surface area contributed by atoms with Crippen LogP contribution >= 0.6 is 0 Å². The summed E-state index contributed by atoms with van der Waals surface area (Å²) in [5.74, 6) is -1.51. The van der Waals surface area contributed by atoms with E-state index in [4.69, 9.17) is 9.84 Å². The minimum absolute atomic E-state index is 0.0655. The molecular formula is C29H38FN7O5. The SMILES string of the molecule is C[C@H]1COc2c(N3CCN(C)CC3)c(F)cc3c(=O)c(C(=O)NCc4cn(CCCCCCCC(=O)O)nn4)cn1c23. The Balaban J connectivity index is 1.27. The van der Waals surface area contributed by atoms with Crippen molar-refractivity contribution in [2.75, 3.05) is 44.7 Å². The zero-order chi connectivity index (χ0) is 29.8. The van der Waals surface area contributed by atoms with Crippen molar-refractivity contribution in [3.05, 3.63) is 45.8 Å². The summed E-state index contributed by atoms with van der Waals surface area (Å²) in [6.07, 6.45) is 7.88. The van der Waals surface area contributed by atoms with Gasteiger partial charge in [-0.2, -0.15) is 0 Å². The smallest absolute Gasteiger partial charge is 0.303 e. The summed E-state index contributed by atoms with van der Waals surface area (Å²) < 4.78 is 25.1. The second kappa shape index (κ2) is 12.9. The molecular weight excluding hydrogens is 545 g/mol. The maximum absolute atomic E-state index is 15.6. The topological polar surface area (TPSA) is 135 Å². The van der Waals surface area contributed by atoms with Crippen LogP contribution < -0.4 is 20.4 Å². The number of ether oxygens (including phenoxy) is 1. The Hall–Kier alpha value is -4.00. The van der Waals surface area contributed by atoms with E-state index in [1.165, 1.54) is 6.07 Å². The number of benzene rings is 1. The Kier molecular flexibility index (Phi) is 9.05. The predicted molar refractivity (Wildman–Crippen MR) is 155 cm³/mol. The average molecular weight is 584 g/mol. The summed E-state index contributed by atoms with van der Waals surface area (Å²) in [5.41, 5.74) is 0.821. The molecule has 0 bridgehead atoms. The Bertz CT molecular complexity index is 1510. The lowest BCUT2D eigenvalue weighted by atomic mass is 10.0. The van der Waals surface area contributed by atoms with Crippen molar-refractivity contribution in [2.45, 2.75) is 64.6 Å². The second-order valence-electron chi connectivity index (χ2n) is 11.2. The van der Waals surface area contributed by atoms with Crippen LogP contribution in [-0.4, -0.2) is 81.3 Å². The first-order valence-corrected chi connectivity index (χ1v) is 14.6. The molecule has 5 rings (SSSR count). The maximum Gasteiger partial charge on any atom is 0.303 e. The number of nitrogens with one attached hydrogen (secondary N) is 1. The van der Waals surface area contributed by atoms with Gasteiger partial charge in [0.1, 0.15) is 23.6 Å². The lowest BCUT2D eigenvalue weighted by Gasteiger charge is -2.37. The molecule has 2 aliphatic heterocycles. The Morgan fingerprint density at radius 1 is 1.12 bits per heavy atom. The van der Waals surface area contributed by atoms with Gasteiger partial charge in [-0.3, -0.25) is 19.1 Å². The van der Waals surface area contributed by atoms with Crippen molar-refractivity contribution in [1.82, 2.24) is 29.8 Å². The highest BCUT2D eigenvalue weighted by molar-refractivity contribution is 6.00. The standard InChI is InChI=1S/C29H38FN7O5/c1-19-18-42-28-25-21(14-23(30)26(28)35-12-10-34(2)11-13-35)27(40)22(17-37(19)25)29(41)31-15-20-16-36(33-32-20)9-7-5-3-4-6-8-24(38)39/h14,16-17,19H,3-13,15,18H2,1-2H3,(H,31,41)(H,38,39)/t19-/m0/s1. The van der Waals surface area contributed by atoms with Gasteiger partial charge in [0.15, 0.2) is 11.6 Å². The van der Waals surface area contributed by atoms with E-state index in [2.05, 4.69) is 20.5 Å². The number of unbranched alkanes of at least 4 members (excludes halogenated alkanes) is 4. The van der Waals surface area contributed by atoms with Crippen LogP contribution in [0.1, 0.15) is 67.5 Å². The number of piperazine rings is 1. The molecule has 0 aliphatic carbocycles. The highest BCUT2D eigenvalue weighted by Gasteiger charge is 2.31. The van der Waals surface area contributed by atoms with Crippen molar-refractivity contribution in [3.63, 3.8) is 0 Å². The molecule has 1 fully saturated rings. The van der Waals surface area contributed by atoms with Gasteiger partial charge in [0.25, 0.3) is 5.91 Å². The fourth-order valence-corrected chi connectivity index (χ4v) is 5.57. The Labute approximate surface area is 243 Å². The molecule has 0 spiro atoms. The number of likely N-dealkylation sites (N-methyl/N-ethyl adjacent to an activating group) is 1. The zero-order valence-corrected chi connectivity index (χ0v) is 24.1. The van der Waals surface area contributed by atoms with E-state index in [0.29, 0.717) is 55.3 Å². The molecule has 3 aromatic rings. The predicted octanol–water partition coefficient (Wildman–Crippen LogP) is 2.79. The molecule has 0 radical (unpaired) electrons. The minimum Gasteiger partial charge on any atom is -0.487 e. The molecule has 2 aromatic heterocycles. The summed E-state index contributed by atoms with van der Waals surface area (Å²) in [6, 6.07) is 1.08. The van der Waals surface area contributed by atoms with Crippen LogP contribution in [0, 0.1) is 5.82 Å². The van der Waals surface area contributed by atoms with Gasteiger partial charge in [-0.1, -0.05) is 24.5 Å². The molecule has 2 N–H and O–H groups in total. The van der Waals surface area contributed by atoms with Crippen molar-refractivity contribution in [2.24, 2.45) is 0 Å². The first kappa shape index (κ1) is 29.5. The summed E-state index contributed by atoms with van der Waals surface area (Å²) >= 11 is 0.